The minimum absolute atomic E-state index is 0.342. The number of amides is 1. The van der Waals surface area contributed by atoms with Crippen LogP contribution in [0, 0.1) is 11.3 Å². The topological polar surface area (TPSA) is 91.3 Å². The third kappa shape index (κ3) is 2.82. The van der Waals surface area contributed by atoms with Crippen molar-refractivity contribution in [2.75, 3.05) is 5.43 Å². The maximum atomic E-state index is 10.7. The Balaban J connectivity index is 2.89. The van der Waals surface area contributed by atoms with E-state index in [1.165, 1.54) is 0 Å². The number of hydrazone groups is 1. The van der Waals surface area contributed by atoms with Crippen LogP contribution in [0.3, 0.4) is 0 Å². The van der Waals surface area contributed by atoms with E-state index in [2.05, 4.69) is 10.5 Å². The Hall–Kier alpha value is -2.35. The van der Waals surface area contributed by atoms with E-state index in [4.69, 9.17) is 11.0 Å². The predicted octanol–water partition coefficient (Wildman–Crippen LogP) is 1.03. The average molecular weight is 216 g/mol. The minimum Gasteiger partial charge on any atom is -0.364 e. The fraction of sp³-hybridized carbons (Fsp3) is 0.182. The van der Waals surface area contributed by atoms with E-state index in [1.807, 2.05) is 31.2 Å². The molecule has 1 aromatic carbocycles. The summed E-state index contributed by atoms with van der Waals surface area (Å²) in [5.41, 5.74) is 9.08. The van der Waals surface area contributed by atoms with Crippen LogP contribution in [0.25, 0.3) is 0 Å². The van der Waals surface area contributed by atoms with Crippen LogP contribution in [0.4, 0.5) is 5.69 Å². The van der Waals surface area contributed by atoms with Crippen LogP contribution in [0.2, 0.25) is 0 Å². The molecular formula is C11H12N4O. The summed E-state index contributed by atoms with van der Waals surface area (Å²) in [5.74, 6) is -0.844. The first-order valence-electron chi connectivity index (χ1n) is 4.80. The molecular weight excluding hydrogens is 204 g/mol. The standard InChI is InChI=1S/C11H12N4O/c1-2-8-5-3-4-6-9(8)14-15-10(7-12)11(13)16/h3-6,14H,2H2,1H3,(H2,13,16). The van der Waals surface area contributed by atoms with E-state index < -0.39 is 5.91 Å². The zero-order chi connectivity index (χ0) is 12.0. The van der Waals surface area contributed by atoms with Gasteiger partial charge in [-0.05, 0) is 18.1 Å². The number of nitrogens with zero attached hydrogens (tertiary/aromatic N) is 2. The maximum absolute atomic E-state index is 10.7. The summed E-state index contributed by atoms with van der Waals surface area (Å²) in [6, 6.07) is 9.13. The van der Waals surface area contributed by atoms with Crippen molar-refractivity contribution in [2.24, 2.45) is 10.8 Å². The number of anilines is 1. The van der Waals surface area contributed by atoms with Gasteiger partial charge >= 0.3 is 0 Å². The van der Waals surface area contributed by atoms with Crippen LogP contribution in [0.15, 0.2) is 29.4 Å². The lowest BCUT2D eigenvalue weighted by molar-refractivity contribution is -0.111. The molecule has 0 unspecified atom stereocenters. The van der Waals surface area contributed by atoms with Crippen LogP contribution in [-0.4, -0.2) is 11.6 Å². The second-order valence-corrected chi connectivity index (χ2v) is 3.06. The molecule has 0 radical (unpaired) electrons. The number of carbonyl (C=O) groups is 1. The van der Waals surface area contributed by atoms with Crippen LogP contribution in [0.1, 0.15) is 12.5 Å². The highest BCUT2D eigenvalue weighted by Gasteiger charge is 2.05. The van der Waals surface area contributed by atoms with Crippen LogP contribution in [0.5, 0.6) is 0 Å². The third-order valence-corrected chi connectivity index (χ3v) is 2.03. The summed E-state index contributed by atoms with van der Waals surface area (Å²) in [6.45, 7) is 2.00. The molecule has 0 atom stereocenters. The van der Waals surface area contributed by atoms with E-state index >= 15 is 0 Å². The van der Waals surface area contributed by atoms with Gasteiger partial charge < -0.3 is 5.73 Å². The molecule has 0 spiro atoms. The predicted molar refractivity (Wildman–Crippen MR) is 61.7 cm³/mol. The molecule has 0 fully saturated rings. The quantitative estimate of drug-likeness (QED) is 0.581. The maximum Gasteiger partial charge on any atom is 0.280 e. The fourth-order valence-corrected chi connectivity index (χ4v) is 1.19. The molecule has 1 amide bonds. The molecule has 1 aromatic rings. The SMILES string of the molecule is CCc1ccccc1NN=C(C#N)C(N)=O. The molecule has 5 nitrogen and oxygen atoms in total. The Morgan fingerprint density at radius 1 is 1.56 bits per heavy atom. The van der Waals surface area contributed by atoms with Gasteiger partial charge in [0.25, 0.3) is 5.91 Å². The highest BCUT2D eigenvalue weighted by Crippen LogP contribution is 2.15. The Morgan fingerprint density at radius 2 is 2.25 bits per heavy atom. The summed E-state index contributed by atoms with van der Waals surface area (Å²) in [7, 11) is 0. The van der Waals surface area contributed by atoms with Crippen molar-refractivity contribution in [3.63, 3.8) is 0 Å². The average Bonchev–Trinajstić information content (AvgIpc) is 2.30. The number of nitrogens with two attached hydrogens (primary N) is 1. The Morgan fingerprint density at radius 3 is 2.81 bits per heavy atom. The molecule has 0 aliphatic heterocycles. The minimum atomic E-state index is -0.844. The van der Waals surface area contributed by atoms with Gasteiger partial charge in [0.1, 0.15) is 6.07 Å². The molecule has 0 aromatic heterocycles. The first kappa shape index (κ1) is 11.7. The molecule has 0 bridgehead atoms. The second kappa shape index (κ2) is 5.51. The summed E-state index contributed by atoms with van der Waals surface area (Å²) >= 11 is 0. The molecule has 5 heteroatoms. The van der Waals surface area contributed by atoms with E-state index in [0.29, 0.717) is 0 Å². The molecule has 16 heavy (non-hydrogen) atoms. The van der Waals surface area contributed by atoms with Crippen molar-refractivity contribution in [1.82, 2.24) is 0 Å². The molecule has 0 aliphatic rings. The van der Waals surface area contributed by atoms with Gasteiger partial charge in [0, 0.05) is 0 Å². The van der Waals surface area contributed by atoms with Gasteiger partial charge in [-0.1, -0.05) is 25.1 Å². The third-order valence-electron chi connectivity index (χ3n) is 2.03. The lowest BCUT2D eigenvalue weighted by Crippen LogP contribution is -2.22. The van der Waals surface area contributed by atoms with Crippen LogP contribution >= 0.6 is 0 Å². The summed E-state index contributed by atoms with van der Waals surface area (Å²) < 4.78 is 0. The normalized spacial score (nSPS) is 10.6. The van der Waals surface area contributed by atoms with Gasteiger partial charge in [-0.15, -0.1) is 0 Å². The van der Waals surface area contributed by atoms with Gasteiger partial charge in [-0.3, -0.25) is 10.2 Å². The van der Waals surface area contributed by atoms with E-state index in [0.717, 1.165) is 17.7 Å². The van der Waals surface area contributed by atoms with Gasteiger partial charge in [0.05, 0.1) is 5.69 Å². The highest BCUT2D eigenvalue weighted by atomic mass is 16.1. The summed E-state index contributed by atoms with van der Waals surface area (Å²) in [6.07, 6.45) is 0.831. The van der Waals surface area contributed by atoms with E-state index in [1.54, 1.807) is 6.07 Å². The number of benzene rings is 1. The Kier molecular flexibility index (Phi) is 4.04. The van der Waals surface area contributed by atoms with Gasteiger partial charge in [-0.25, -0.2) is 0 Å². The monoisotopic (exact) mass is 216 g/mol. The van der Waals surface area contributed by atoms with E-state index in [9.17, 15) is 4.79 Å². The number of nitriles is 1. The molecule has 1 rings (SSSR count). The first-order chi connectivity index (χ1) is 7.69. The molecule has 0 saturated heterocycles. The number of carbonyl (C=O) groups excluding carboxylic acids is 1. The summed E-state index contributed by atoms with van der Waals surface area (Å²) in [5, 5.41) is 12.2. The van der Waals surface area contributed by atoms with Crippen molar-refractivity contribution in [2.45, 2.75) is 13.3 Å². The number of para-hydroxylation sites is 1. The zero-order valence-electron chi connectivity index (χ0n) is 8.90. The lowest BCUT2D eigenvalue weighted by Gasteiger charge is -2.05. The number of aryl methyl sites for hydroxylation is 1. The second-order valence-electron chi connectivity index (χ2n) is 3.06. The van der Waals surface area contributed by atoms with Crippen molar-refractivity contribution in [3.05, 3.63) is 29.8 Å². The van der Waals surface area contributed by atoms with Crippen molar-refractivity contribution in [3.8, 4) is 6.07 Å². The number of hydrogen-bond donors (Lipinski definition) is 2. The first-order valence-corrected chi connectivity index (χ1v) is 4.80. The molecule has 3 N–H and O–H groups in total. The van der Waals surface area contributed by atoms with Crippen molar-refractivity contribution >= 4 is 17.3 Å². The molecule has 0 aliphatic carbocycles. The number of rotatable bonds is 4. The largest absolute Gasteiger partial charge is 0.364 e. The van der Waals surface area contributed by atoms with Crippen molar-refractivity contribution < 1.29 is 4.79 Å². The van der Waals surface area contributed by atoms with Crippen molar-refractivity contribution in [1.29, 1.82) is 5.26 Å². The van der Waals surface area contributed by atoms with E-state index in [-0.39, 0.29) is 5.71 Å². The fourth-order valence-electron chi connectivity index (χ4n) is 1.19. The Bertz CT molecular complexity index is 459. The highest BCUT2D eigenvalue weighted by molar-refractivity contribution is 6.44. The number of primary amides is 1. The van der Waals surface area contributed by atoms with Crippen LogP contribution in [-0.2, 0) is 11.2 Å². The molecule has 0 saturated carbocycles. The molecule has 82 valence electrons. The number of hydrogen-bond acceptors (Lipinski definition) is 4. The van der Waals surface area contributed by atoms with Gasteiger partial charge in [0.15, 0.2) is 0 Å². The zero-order valence-corrected chi connectivity index (χ0v) is 8.90. The summed E-state index contributed by atoms with van der Waals surface area (Å²) in [4.78, 5) is 10.7. The lowest BCUT2D eigenvalue weighted by atomic mass is 10.1. The van der Waals surface area contributed by atoms with Crippen LogP contribution < -0.4 is 11.2 Å². The number of nitrogens with one attached hydrogen (secondary N) is 1. The Labute approximate surface area is 93.6 Å². The molecule has 0 heterocycles. The van der Waals surface area contributed by atoms with Gasteiger partial charge in [0.2, 0.25) is 5.71 Å². The smallest absolute Gasteiger partial charge is 0.280 e. The van der Waals surface area contributed by atoms with Gasteiger partial charge in [-0.2, -0.15) is 10.4 Å².